The molecular formula is C24H19F3N4O2S. The number of alkyl halides is 3. The summed E-state index contributed by atoms with van der Waals surface area (Å²) in [5, 5.41) is 9.02. The summed E-state index contributed by atoms with van der Waals surface area (Å²) in [5.74, 6) is 1.08. The summed E-state index contributed by atoms with van der Waals surface area (Å²) in [6, 6.07) is 17.4. The van der Waals surface area contributed by atoms with Crippen molar-refractivity contribution in [1.29, 1.82) is 0 Å². The van der Waals surface area contributed by atoms with Gasteiger partial charge in [-0.1, -0.05) is 36.0 Å². The van der Waals surface area contributed by atoms with Crippen LogP contribution in [0, 0.1) is 0 Å². The van der Waals surface area contributed by atoms with Gasteiger partial charge >= 0.3 is 6.18 Å². The first kappa shape index (κ1) is 23.5. The number of pyridine rings is 1. The van der Waals surface area contributed by atoms with Gasteiger partial charge in [-0.05, 0) is 42.0 Å². The van der Waals surface area contributed by atoms with Gasteiger partial charge in [-0.3, -0.25) is 14.3 Å². The first-order valence-corrected chi connectivity index (χ1v) is 11.2. The first-order valence-electron chi connectivity index (χ1n) is 10.2. The Kier molecular flexibility index (Phi) is 6.97. The zero-order chi connectivity index (χ0) is 24.1. The topological polar surface area (TPSA) is 69.9 Å². The Bertz CT molecular complexity index is 1280. The lowest BCUT2D eigenvalue weighted by Gasteiger charge is -2.11. The molecule has 0 spiro atoms. The molecule has 174 valence electrons. The number of ketones is 1. The van der Waals surface area contributed by atoms with Crippen LogP contribution in [0.3, 0.4) is 0 Å². The highest BCUT2D eigenvalue weighted by molar-refractivity contribution is 7.99. The maximum absolute atomic E-state index is 12.7. The van der Waals surface area contributed by atoms with Crippen molar-refractivity contribution < 1.29 is 22.7 Å². The van der Waals surface area contributed by atoms with Gasteiger partial charge in [0.05, 0.1) is 24.1 Å². The van der Waals surface area contributed by atoms with E-state index in [1.165, 1.54) is 23.9 Å². The average Bonchev–Trinajstić information content (AvgIpc) is 3.27. The van der Waals surface area contributed by atoms with Crippen LogP contribution >= 0.6 is 11.8 Å². The lowest BCUT2D eigenvalue weighted by Crippen LogP contribution is -2.09. The van der Waals surface area contributed by atoms with Gasteiger partial charge < -0.3 is 4.74 Å². The van der Waals surface area contributed by atoms with Gasteiger partial charge in [0, 0.05) is 18.7 Å². The largest absolute Gasteiger partial charge is 0.497 e. The number of carbonyl (C=O) groups is 1. The first-order chi connectivity index (χ1) is 16.3. The van der Waals surface area contributed by atoms with Gasteiger partial charge in [0.2, 0.25) is 0 Å². The van der Waals surface area contributed by atoms with Gasteiger partial charge in [0.25, 0.3) is 0 Å². The Balaban J connectivity index is 1.55. The minimum Gasteiger partial charge on any atom is -0.497 e. The van der Waals surface area contributed by atoms with Gasteiger partial charge in [-0.25, -0.2) is 0 Å². The average molecular weight is 485 g/mol. The Hall–Kier alpha value is -3.66. The van der Waals surface area contributed by atoms with Crippen LogP contribution in [0.5, 0.6) is 5.75 Å². The Morgan fingerprint density at radius 1 is 1.03 bits per heavy atom. The summed E-state index contributed by atoms with van der Waals surface area (Å²) in [7, 11) is 1.57. The number of hydrogen-bond acceptors (Lipinski definition) is 6. The molecule has 34 heavy (non-hydrogen) atoms. The van der Waals surface area contributed by atoms with Gasteiger partial charge in [0.15, 0.2) is 11.0 Å². The standard InChI is InChI=1S/C24H19F3N4O2S/c1-33-20-6-4-5-18(14-20)31-22(21-7-2-3-12-28-21)29-30-23(31)34-15-19(32)13-16-8-10-17(11-9-16)24(25,26)27/h2-12,14H,13,15H2,1H3. The highest BCUT2D eigenvalue weighted by atomic mass is 32.2. The third-order valence-electron chi connectivity index (χ3n) is 4.88. The number of nitrogens with zero attached hydrogens (tertiary/aromatic N) is 4. The fourth-order valence-electron chi connectivity index (χ4n) is 3.24. The second-order valence-corrected chi connectivity index (χ2v) is 8.20. The number of methoxy groups -OCH3 is 1. The van der Waals surface area contributed by atoms with Gasteiger partial charge in [0.1, 0.15) is 17.2 Å². The maximum Gasteiger partial charge on any atom is 0.416 e. The third-order valence-corrected chi connectivity index (χ3v) is 5.87. The third kappa shape index (κ3) is 5.45. The molecule has 4 rings (SSSR count). The number of ether oxygens (including phenoxy) is 1. The van der Waals surface area contributed by atoms with Gasteiger partial charge in [-0.2, -0.15) is 13.2 Å². The fourth-order valence-corrected chi connectivity index (χ4v) is 4.05. The number of thioether (sulfide) groups is 1. The van der Waals surface area contributed by atoms with Crippen molar-refractivity contribution in [1.82, 2.24) is 19.7 Å². The molecule has 0 aliphatic heterocycles. The molecule has 2 aromatic carbocycles. The zero-order valence-electron chi connectivity index (χ0n) is 18.0. The SMILES string of the molecule is COc1cccc(-n2c(SCC(=O)Cc3ccc(C(F)(F)F)cc3)nnc2-c2ccccn2)c1. The fraction of sp³-hybridized carbons (Fsp3) is 0.167. The summed E-state index contributed by atoms with van der Waals surface area (Å²) in [4.78, 5) is 16.9. The predicted octanol–water partition coefficient (Wildman–Crippen LogP) is 5.26. The summed E-state index contributed by atoms with van der Waals surface area (Å²) in [6.07, 6.45) is -2.74. The number of aromatic nitrogens is 4. The van der Waals surface area contributed by atoms with Crippen LogP contribution < -0.4 is 4.74 Å². The summed E-state index contributed by atoms with van der Waals surface area (Å²) in [6.45, 7) is 0. The smallest absolute Gasteiger partial charge is 0.416 e. The van der Waals surface area contributed by atoms with E-state index in [1.807, 2.05) is 36.4 Å². The van der Waals surface area contributed by atoms with E-state index in [0.717, 1.165) is 17.8 Å². The van der Waals surface area contributed by atoms with Crippen molar-refractivity contribution in [3.63, 3.8) is 0 Å². The van der Waals surface area contributed by atoms with E-state index in [0.29, 0.717) is 28.0 Å². The van der Waals surface area contributed by atoms with E-state index in [1.54, 1.807) is 23.9 Å². The van der Waals surface area contributed by atoms with Crippen LogP contribution in [0.25, 0.3) is 17.2 Å². The molecule has 0 N–H and O–H groups in total. The number of hydrogen-bond donors (Lipinski definition) is 0. The monoisotopic (exact) mass is 484 g/mol. The van der Waals surface area contributed by atoms with Crippen molar-refractivity contribution in [3.05, 3.63) is 84.1 Å². The van der Waals surface area contributed by atoms with Crippen molar-refractivity contribution in [2.75, 3.05) is 12.9 Å². The van der Waals surface area contributed by atoms with E-state index < -0.39 is 11.7 Å². The van der Waals surface area contributed by atoms with Crippen molar-refractivity contribution in [3.8, 4) is 23.0 Å². The Morgan fingerprint density at radius 3 is 2.50 bits per heavy atom. The van der Waals surface area contributed by atoms with E-state index in [4.69, 9.17) is 4.74 Å². The lowest BCUT2D eigenvalue weighted by atomic mass is 10.1. The van der Waals surface area contributed by atoms with Crippen LogP contribution in [0.4, 0.5) is 13.2 Å². The minimum absolute atomic E-state index is 0.0194. The van der Waals surface area contributed by atoms with Crippen molar-refractivity contribution in [2.24, 2.45) is 0 Å². The molecule has 0 bridgehead atoms. The highest BCUT2D eigenvalue weighted by Gasteiger charge is 2.30. The lowest BCUT2D eigenvalue weighted by molar-refractivity contribution is -0.137. The molecule has 2 heterocycles. The predicted molar refractivity (Wildman–Crippen MR) is 122 cm³/mol. The van der Waals surface area contributed by atoms with E-state index in [2.05, 4.69) is 15.2 Å². The summed E-state index contributed by atoms with van der Waals surface area (Å²) in [5.41, 5.74) is 1.12. The molecule has 10 heteroatoms. The molecular weight excluding hydrogens is 465 g/mol. The minimum atomic E-state index is -4.41. The molecule has 0 atom stereocenters. The number of carbonyl (C=O) groups excluding carboxylic acids is 1. The van der Waals surface area contributed by atoms with Crippen LogP contribution in [0.1, 0.15) is 11.1 Å². The Labute approximate surface area is 197 Å². The van der Waals surface area contributed by atoms with Crippen molar-refractivity contribution >= 4 is 17.5 Å². The molecule has 0 aliphatic carbocycles. The summed E-state index contributed by atoms with van der Waals surface area (Å²) < 4.78 is 45.4. The maximum atomic E-state index is 12.7. The molecule has 0 unspecified atom stereocenters. The molecule has 0 amide bonds. The quantitative estimate of drug-likeness (QED) is 0.318. The van der Waals surface area contributed by atoms with E-state index in [9.17, 15) is 18.0 Å². The molecule has 0 saturated heterocycles. The summed E-state index contributed by atoms with van der Waals surface area (Å²) >= 11 is 1.20. The molecule has 0 radical (unpaired) electrons. The molecule has 0 aliphatic rings. The van der Waals surface area contributed by atoms with Crippen LogP contribution in [-0.4, -0.2) is 38.4 Å². The molecule has 2 aromatic heterocycles. The van der Waals surface area contributed by atoms with Crippen LogP contribution in [-0.2, 0) is 17.4 Å². The Morgan fingerprint density at radius 2 is 1.82 bits per heavy atom. The van der Waals surface area contributed by atoms with Crippen LogP contribution in [0.15, 0.2) is 78.1 Å². The number of benzene rings is 2. The van der Waals surface area contributed by atoms with Crippen LogP contribution in [0.2, 0.25) is 0 Å². The number of Topliss-reactive ketones (excluding diaryl/α,β-unsaturated/α-hetero) is 1. The zero-order valence-corrected chi connectivity index (χ0v) is 18.8. The second-order valence-electron chi connectivity index (χ2n) is 7.26. The van der Waals surface area contributed by atoms with Gasteiger partial charge in [-0.15, -0.1) is 10.2 Å². The molecule has 0 fully saturated rings. The number of rotatable bonds is 8. The normalized spacial score (nSPS) is 11.4. The highest BCUT2D eigenvalue weighted by Crippen LogP contribution is 2.30. The number of halogens is 3. The van der Waals surface area contributed by atoms with Crippen molar-refractivity contribution in [2.45, 2.75) is 17.8 Å². The molecule has 0 saturated carbocycles. The van der Waals surface area contributed by atoms with E-state index >= 15 is 0 Å². The molecule has 6 nitrogen and oxygen atoms in total. The molecule has 4 aromatic rings. The second kappa shape index (κ2) is 10.1. The van der Waals surface area contributed by atoms with E-state index in [-0.39, 0.29) is 18.0 Å².